The molecule has 9 heteroatoms. The second kappa shape index (κ2) is 9.71. The summed E-state index contributed by atoms with van der Waals surface area (Å²) in [6.45, 7) is -0.571. The quantitative estimate of drug-likeness (QED) is 0.411. The topological polar surface area (TPSA) is 96.4 Å². The van der Waals surface area contributed by atoms with Gasteiger partial charge < -0.3 is 14.1 Å². The van der Waals surface area contributed by atoms with Crippen molar-refractivity contribution in [3.05, 3.63) is 54.3 Å². The molecule has 0 atom stereocenters. The van der Waals surface area contributed by atoms with Gasteiger partial charge in [-0.2, -0.15) is 5.26 Å². The maximum atomic E-state index is 14.0. The van der Waals surface area contributed by atoms with Crippen molar-refractivity contribution in [3.63, 3.8) is 0 Å². The number of aromatic nitrogens is 1. The molecule has 0 fully saturated rings. The number of hydrogen-bond acceptors (Lipinski definition) is 7. The summed E-state index contributed by atoms with van der Waals surface area (Å²) in [5, 5.41) is 9.09. The number of carbonyl (C=O) groups is 2. The van der Waals surface area contributed by atoms with Gasteiger partial charge in [-0.1, -0.05) is 36.0 Å². The molecule has 0 saturated heterocycles. The van der Waals surface area contributed by atoms with Crippen LogP contribution >= 0.6 is 11.8 Å². The molecule has 0 aliphatic carbocycles. The molecule has 0 N–H and O–H groups in total. The summed E-state index contributed by atoms with van der Waals surface area (Å²) in [7, 11) is 0. The molecular weight excluding hydrogens is 397 g/mol. The van der Waals surface area contributed by atoms with E-state index in [1.807, 2.05) is 18.2 Å². The van der Waals surface area contributed by atoms with Crippen LogP contribution in [0.2, 0.25) is 0 Å². The monoisotopic (exact) mass is 413 g/mol. The fraction of sp³-hybridized carbons (Fsp3) is 0.200. The Kier molecular flexibility index (Phi) is 6.81. The van der Waals surface area contributed by atoms with Gasteiger partial charge in [0, 0.05) is 6.54 Å². The van der Waals surface area contributed by atoms with E-state index in [1.54, 1.807) is 18.2 Å². The second-order valence-corrected chi connectivity index (χ2v) is 6.73. The fourth-order valence-corrected chi connectivity index (χ4v) is 3.14. The van der Waals surface area contributed by atoms with Gasteiger partial charge in [0.05, 0.1) is 18.2 Å². The van der Waals surface area contributed by atoms with E-state index in [0.717, 1.165) is 16.7 Å². The van der Waals surface area contributed by atoms with Crippen molar-refractivity contribution in [3.8, 4) is 6.07 Å². The summed E-state index contributed by atoms with van der Waals surface area (Å²) in [5.41, 5.74) is 1.32. The number of amides is 1. The van der Waals surface area contributed by atoms with Gasteiger partial charge >= 0.3 is 5.97 Å². The number of fused-ring (bicyclic) bond motifs is 1. The Balaban J connectivity index is 1.55. The minimum absolute atomic E-state index is 0.00846. The number of anilines is 1. The van der Waals surface area contributed by atoms with E-state index in [4.69, 9.17) is 14.4 Å². The summed E-state index contributed by atoms with van der Waals surface area (Å²) in [4.78, 5) is 29.7. The molecule has 0 saturated carbocycles. The zero-order valence-corrected chi connectivity index (χ0v) is 16.0. The van der Waals surface area contributed by atoms with Crippen molar-refractivity contribution >= 4 is 40.4 Å². The van der Waals surface area contributed by atoms with E-state index >= 15 is 0 Å². The first kappa shape index (κ1) is 20.4. The maximum Gasteiger partial charge on any atom is 0.316 e. The Morgan fingerprint density at radius 1 is 1.21 bits per heavy atom. The number of hydrogen-bond donors (Lipinski definition) is 0. The van der Waals surface area contributed by atoms with Gasteiger partial charge in [-0.05, 0) is 24.3 Å². The van der Waals surface area contributed by atoms with Crippen molar-refractivity contribution in [2.24, 2.45) is 0 Å². The Morgan fingerprint density at radius 3 is 2.72 bits per heavy atom. The van der Waals surface area contributed by atoms with Crippen LogP contribution in [0.25, 0.3) is 11.1 Å². The van der Waals surface area contributed by atoms with E-state index in [9.17, 15) is 14.0 Å². The van der Waals surface area contributed by atoms with Gasteiger partial charge in [-0.15, -0.1) is 0 Å². The first-order valence-corrected chi connectivity index (χ1v) is 9.63. The van der Waals surface area contributed by atoms with Crippen molar-refractivity contribution in [1.82, 2.24) is 4.98 Å². The number of halogens is 1. The minimum Gasteiger partial charge on any atom is -0.455 e. The molecule has 0 radical (unpaired) electrons. The molecule has 0 aliphatic rings. The lowest BCUT2D eigenvalue weighted by molar-refractivity contribution is -0.145. The predicted octanol–water partition coefficient (Wildman–Crippen LogP) is 3.55. The zero-order chi connectivity index (χ0) is 20.6. The number of rotatable bonds is 8. The Hall–Kier alpha value is -3.38. The predicted molar refractivity (Wildman–Crippen MR) is 105 cm³/mol. The molecule has 1 amide bonds. The number of ether oxygens (including phenoxy) is 1. The number of benzene rings is 2. The first-order valence-electron chi connectivity index (χ1n) is 8.64. The lowest BCUT2D eigenvalue weighted by Crippen LogP contribution is -2.36. The van der Waals surface area contributed by atoms with Gasteiger partial charge in [0.2, 0.25) is 0 Å². The Labute approximate surface area is 170 Å². The van der Waals surface area contributed by atoms with Crippen LogP contribution in [0.15, 0.2) is 58.2 Å². The average Bonchev–Trinajstić information content (AvgIpc) is 3.15. The number of para-hydroxylation sites is 3. The number of thioether (sulfide) groups is 1. The fourth-order valence-electron chi connectivity index (χ4n) is 2.51. The Morgan fingerprint density at radius 2 is 1.97 bits per heavy atom. The van der Waals surface area contributed by atoms with Crippen LogP contribution in [0.3, 0.4) is 0 Å². The second-order valence-electron chi connectivity index (χ2n) is 5.80. The van der Waals surface area contributed by atoms with Crippen molar-refractivity contribution in [2.75, 3.05) is 23.8 Å². The number of nitriles is 1. The van der Waals surface area contributed by atoms with E-state index in [-0.39, 0.29) is 24.4 Å². The highest BCUT2D eigenvalue weighted by atomic mass is 32.2. The minimum atomic E-state index is -0.639. The van der Waals surface area contributed by atoms with Gasteiger partial charge in [0.15, 0.2) is 12.2 Å². The van der Waals surface area contributed by atoms with Crippen LogP contribution in [0, 0.1) is 17.1 Å². The van der Waals surface area contributed by atoms with Crippen molar-refractivity contribution in [1.29, 1.82) is 5.26 Å². The van der Waals surface area contributed by atoms with E-state index in [1.165, 1.54) is 18.2 Å². The molecule has 7 nitrogen and oxygen atoms in total. The molecule has 0 unspecified atom stereocenters. The highest BCUT2D eigenvalue weighted by molar-refractivity contribution is 7.99. The van der Waals surface area contributed by atoms with E-state index in [0.29, 0.717) is 16.3 Å². The molecule has 3 aromatic rings. The molecule has 29 heavy (non-hydrogen) atoms. The first-order chi connectivity index (χ1) is 14.1. The molecule has 2 aromatic carbocycles. The largest absolute Gasteiger partial charge is 0.455 e. The van der Waals surface area contributed by atoms with Crippen molar-refractivity contribution in [2.45, 2.75) is 11.6 Å². The molecule has 1 heterocycles. The summed E-state index contributed by atoms with van der Waals surface area (Å²) >= 11 is 1.05. The smallest absolute Gasteiger partial charge is 0.316 e. The van der Waals surface area contributed by atoms with Crippen LogP contribution < -0.4 is 4.90 Å². The lowest BCUT2D eigenvalue weighted by Gasteiger charge is -2.22. The van der Waals surface area contributed by atoms with E-state index < -0.39 is 24.3 Å². The lowest BCUT2D eigenvalue weighted by atomic mass is 10.2. The summed E-state index contributed by atoms with van der Waals surface area (Å²) in [6.07, 6.45) is 0.0155. The highest BCUT2D eigenvalue weighted by Crippen LogP contribution is 2.23. The number of nitrogens with zero attached hydrogens (tertiary/aromatic N) is 3. The summed E-state index contributed by atoms with van der Waals surface area (Å²) < 4.78 is 24.5. The standard InChI is InChI=1S/C20H16FN3O4S/c21-14-6-1-3-8-16(14)24(11-5-10-22)18(25)12-27-19(26)13-29-20-23-15-7-2-4-9-17(15)28-20/h1-4,6-9H,5,11-13H2. The summed E-state index contributed by atoms with van der Waals surface area (Å²) in [6, 6.07) is 14.8. The molecular formula is C20H16FN3O4S. The number of oxazole rings is 1. The maximum absolute atomic E-state index is 14.0. The molecule has 0 spiro atoms. The molecule has 1 aromatic heterocycles. The average molecular weight is 413 g/mol. The number of esters is 1. The van der Waals surface area contributed by atoms with Gasteiger partial charge in [0.25, 0.3) is 11.1 Å². The van der Waals surface area contributed by atoms with Crippen molar-refractivity contribution < 1.29 is 23.1 Å². The SMILES string of the molecule is N#CCCN(C(=O)COC(=O)CSc1nc2ccccc2o1)c1ccccc1F. The van der Waals surface area contributed by atoms with Crippen LogP contribution in [0.4, 0.5) is 10.1 Å². The number of carbonyl (C=O) groups excluding carboxylic acids is 2. The molecule has 148 valence electrons. The van der Waals surface area contributed by atoms with Gasteiger partial charge in [-0.3, -0.25) is 9.59 Å². The van der Waals surface area contributed by atoms with Crippen LogP contribution in [0.5, 0.6) is 0 Å². The van der Waals surface area contributed by atoms with Gasteiger partial charge in [-0.25, -0.2) is 9.37 Å². The molecule has 0 aliphatic heterocycles. The van der Waals surface area contributed by atoms with Crippen LogP contribution in [0.1, 0.15) is 6.42 Å². The highest BCUT2D eigenvalue weighted by Gasteiger charge is 2.20. The van der Waals surface area contributed by atoms with E-state index in [2.05, 4.69) is 4.98 Å². The van der Waals surface area contributed by atoms with Gasteiger partial charge in [0.1, 0.15) is 17.1 Å². The summed E-state index contributed by atoms with van der Waals surface area (Å²) in [5.74, 6) is -1.96. The van der Waals surface area contributed by atoms with Crippen LogP contribution in [-0.2, 0) is 14.3 Å². The third-order valence-electron chi connectivity index (χ3n) is 3.84. The normalized spacial score (nSPS) is 10.5. The zero-order valence-electron chi connectivity index (χ0n) is 15.2. The third-order valence-corrected chi connectivity index (χ3v) is 4.64. The third kappa shape index (κ3) is 5.33. The molecule has 3 rings (SSSR count). The van der Waals surface area contributed by atoms with Crippen LogP contribution in [-0.4, -0.2) is 35.8 Å². The molecule has 0 bridgehead atoms. The Bertz CT molecular complexity index is 1030.